The molecule has 5 nitrogen and oxygen atoms in total. The Morgan fingerprint density at radius 1 is 1.17 bits per heavy atom. The van der Waals surface area contributed by atoms with E-state index in [0.717, 1.165) is 50.3 Å². The van der Waals surface area contributed by atoms with Crippen molar-refractivity contribution in [3.63, 3.8) is 0 Å². The van der Waals surface area contributed by atoms with Gasteiger partial charge in [0, 0.05) is 22.5 Å². The molecule has 0 aliphatic carbocycles. The number of benzene rings is 2. The Kier molecular flexibility index (Phi) is 8.43. The van der Waals surface area contributed by atoms with Crippen molar-refractivity contribution >= 4 is 22.9 Å². The number of hydrogen-bond acceptors (Lipinski definition) is 5. The van der Waals surface area contributed by atoms with Gasteiger partial charge in [-0.05, 0) is 69.1 Å². The maximum Gasteiger partial charge on any atom is 0.573 e. The number of carbonyl (C=O) groups excluding carboxylic acids is 1. The van der Waals surface area contributed by atoms with Crippen molar-refractivity contribution in [1.82, 2.24) is 9.88 Å². The number of halogens is 3. The lowest BCUT2D eigenvalue weighted by Crippen LogP contribution is -2.33. The van der Waals surface area contributed by atoms with E-state index in [0.29, 0.717) is 28.4 Å². The SMILES string of the molecule is C=CCCCN1CCC(c2nc(C(=O)Nc3ccccc3-c3ccc(OC(F)(F)F)cc3)cs2)CC1. The van der Waals surface area contributed by atoms with Crippen LogP contribution in [0.5, 0.6) is 5.75 Å². The number of anilines is 1. The maximum atomic E-state index is 13.0. The van der Waals surface area contributed by atoms with Crippen LogP contribution < -0.4 is 10.1 Å². The van der Waals surface area contributed by atoms with Crippen LogP contribution in [0.25, 0.3) is 11.1 Å². The van der Waals surface area contributed by atoms with Crippen LogP contribution in [0.2, 0.25) is 0 Å². The second-order valence-corrected chi connectivity index (χ2v) is 9.58. The van der Waals surface area contributed by atoms with Gasteiger partial charge in [0.2, 0.25) is 0 Å². The van der Waals surface area contributed by atoms with Crippen molar-refractivity contribution in [3.8, 4) is 16.9 Å². The smallest absolute Gasteiger partial charge is 0.406 e. The van der Waals surface area contributed by atoms with Gasteiger partial charge in [0.25, 0.3) is 5.91 Å². The molecule has 36 heavy (non-hydrogen) atoms. The van der Waals surface area contributed by atoms with Gasteiger partial charge in [-0.25, -0.2) is 4.98 Å². The second-order valence-electron chi connectivity index (χ2n) is 8.69. The van der Waals surface area contributed by atoms with Gasteiger partial charge in [0.15, 0.2) is 0 Å². The van der Waals surface area contributed by atoms with Crippen LogP contribution in [-0.4, -0.2) is 41.8 Å². The molecule has 9 heteroatoms. The van der Waals surface area contributed by atoms with E-state index in [1.54, 1.807) is 29.6 Å². The molecule has 1 aromatic heterocycles. The molecule has 1 aliphatic heterocycles. The molecular formula is C27H28F3N3O2S. The number of nitrogens with zero attached hydrogens (tertiary/aromatic N) is 2. The first-order valence-electron chi connectivity index (χ1n) is 11.9. The third-order valence-electron chi connectivity index (χ3n) is 6.15. The van der Waals surface area contributed by atoms with E-state index in [4.69, 9.17) is 0 Å². The van der Waals surface area contributed by atoms with E-state index >= 15 is 0 Å². The lowest BCUT2D eigenvalue weighted by atomic mass is 9.97. The number of rotatable bonds is 9. The highest BCUT2D eigenvalue weighted by molar-refractivity contribution is 7.10. The molecule has 4 rings (SSSR count). The predicted molar refractivity (Wildman–Crippen MR) is 136 cm³/mol. The minimum Gasteiger partial charge on any atom is -0.406 e. The summed E-state index contributed by atoms with van der Waals surface area (Å²) >= 11 is 1.51. The number of aromatic nitrogens is 1. The number of nitrogens with one attached hydrogen (secondary N) is 1. The zero-order valence-corrected chi connectivity index (χ0v) is 20.6. The highest BCUT2D eigenvalue weighted by atomic mass is 32.1. The number of likely N-dealkylation sites (tertiary alicyclic amines) is 1. The first-order valence-corrected chi connectivity index (χ1v) is 12.8. The lowest BCUT2D eigenvalue weighted by molar-refractivity contribution is -0.274. The predicted octanol–water partition coefficient (Wildman–Crippen LogP) is 7.11. The van der Waals surface area contributed by atoms with Crippen LogP contribution >= 0.6 is 11.3 Å². The monoisotopic (exact) mass is 515 g/mol. The molecule has 2 aromatic carbocycles. The molecule has 0 unspecified atom stereocenters. The number of amides is 1. The molecule has 0 atom stereocenters. The van der Waals surface area contributed by atoms with Crippen LogP contribution in [0.15, 0.2) is 66.6 Å². The largest absolute Gasteiger partial charge is 0.573 e. The van der Waals surface area contributed by atoms with Gasteiger partial charge < -0.3 is 15.0 Å². The first-order chi connectivity index (χ1) is 17.3. The molecule has 1 saturated heterocycles. The van der Waals surface area contributed by atoms with Crippen molar-refractivity contribution in [2.75, 3.05) is 25.0 Å². The number of allylic oxidation sites excluding steroid dienone is 1. The summed E-state index contributed by atoms with van der Waals surface area (Å²) in [6.45, 7) is 6.92. The van der Waals surface area contributed by atoms with Gasteiger partial charge in [0.1, 0.15) is 11.4 Å². The topological polar surface area (TPSA) is 54.5 Å². The molecular weight excluding hydrogens is 487 g/mol. The van der Waals surface area contributed by atoms with Gasteiger partial charge in [-0.15, -0.1) is 31.1 Å². The van der Waals surface area contributed by atoms with E-state index < -0.39 is 6.36 Å². The number of alkyl halides is 3. The van der Waals surface area contributed by atoms with Crippen molar-refractivity contribution in [3.05, 3.63) is 77.3 Å². The standard InChI is InChI=1S/C27H28F3N3O2S/c1-2-3-6-15-33-16-13-20(14-17-33)26-32-24(18-36-26)25(34)31-23-8-5-4-7-22(23)19-9-11-21(12-10-19)35-27(28,29)30/h2,4-5,7-12,18,20H,1,3,6,13-17H2,(H,31,34). The average Bonchev–Trinajstić information content (AvgIpc) is 3.35. The van der Waals surface area contributed by atoms with Gasteiger partial charge in [-0.3, -0.25) is 4.79 Å². The first kappa shape index (κ1) is 25.9. The van der Waals surface area contributed by atoms with E-state index in [1.165, 1.54) is 35.6 Å². The number of para-hydroxylation sites is 1. The van der Waals surface area contributed by atoms with Crippen molar-refractivity contribution in [1.29, 1.82) is 0 Å². The molecule has 3 aromatic rings. The van der Waals surface area contributed by atoms with Crippen LogP contribution in [0.4, 0.5) is 18.9 Å². The third-order valence-corrected chi connectivity index (χ3v) is 7.16. The molecule has 1 N–H and O–H groups in total. The summed E-state index contributed by atoms with van der Waals surface area (Å²) in [5, 5.41) is 5.68. The summed E-state index contributed by atoms with van der Waals surface area (Å²) < 4.78 is 41.3. The third kappa shape index (κ3) is 6.95. The Morgan fingerprint density at radius 2 is 1.89 bits per heavy atom. The van der Waals surface area contributed by atoms with Crippen molar-refractivity contribution in [2.24, 2.45) is 0 Å². The Balaban J connectivity index is 1.39. The Hall–Kier alpha value is -3.17. The Bertz CT molecular complexity index is 1170. The molecule has 190 valence electrons. The summed E-state index contributed by atoms with van der Waals surface area (Å²) in [6, 6.07) is 12.7. The normalized spacial score (nSPS) is 15.0. The van der Waals surface area contributed by atoms with Crippen LogP contribution in [0.3, 0.4) is 0 Å². The van der Waals surface area contributed by atoms with E-state index in [1.807, 2.05) is 6.08 Å². The summed E-state index contributed by atoms with van der Waals surface area (Å²) in [6.07, 6.45) is 1.42. The molecule has 1 fully saturated rings. The molecule has 0 saturated carbocycles. The van der Waals surface area contributed by atoms with E-state index in [9.17, 15) is 18.0 Å². The minimum atomic E-state index is -4.75. The molecule has 0 bridgehead atoms. The number of unbranched alkanes of at least 4 members (excludes halogenated alkanes) is 1. The molecule has 1 amide bonds. The second kappa shape index (κ2) is 11.7. The fourth-order valence-electron chi connectivity index (χ4n) is 4.31. The number of piperidine rings is 1. The van der Waals surface area contributed by atoms with Gasteiger partial charge in [-0.1, -0.05) is 36.4 Å². The summed E-state index contributed by atoms with van der Waals surface area (Å²) in [5.74, 6) is -0.258. The Morgan fingerprint density at radius 3 is 2.58 bits per heavy atom. The average molecular weight is 516 g/mol. The van der Waals surface area contributed by atoms with Crippen molar-refractivity contribution in [2.45, 2.75) is 38.0 Å². The fourth-order valence-corrected chi connectivity index (χ4v) is 5.28. The van der Waals surface area contributed by atoms with Crippen LogP contribution in [0.1, 0.15) is 47.1 Å². The zero-order chi connectivity index (χ0) is 25.5. The van der Waals surface area contributed by atoms with Crippen LogP contribution in [-0.2, 0) is 0 Å². The van der Waals surface area contributed by atoms with Crippen molar-refractivity contribution < 1.29 is 22.7 Å². The van der Waals surface area contributed by atoms with E-state index in [2.05, 4.69) is 26.5 Å². The highest BCUT2D eigenvalue weighted by Gasteiger charge is 2.31. The van der Waals surface area contributed by atoms with Gasteiger partial charge >= 0.3 is 6.36 Å². The highest BCUT2D eigenvalue weighted by Crippen LogP contribution is 2.33. The summed E-state index contributed by atoms with van der Waals surface area (Å²) in [4.78, 5) is 20.1. The molecule has 0 radical (unpaired) electrons. The van der Waals surface area contributed by atoms with Crippen LogP contribution in [0, 0.1) is 0 Å². The number of ether oxygens (including phenoxy) is 1. The lowest BCUT2D eigenvalue weighted by Gasteiger charge is -2.30. The molecule has 0 spiro atoms. The maximum absolute atomic E-state index is 13.0. The number of hydrogen-bond donors (Lipinski definition) is 1. The number of thiazole rings is 1. The van der Waals surface area contributed by atoms with E-state index in [-0.39, 0.29) is 11.7 Å². The summed E-state index contributed by atoms with van der Waals surface area (Å²) in [7, 11) is 0. The summed E-state index contributed by atoms with van der Waals surface area (Å²) in [5.41, 5.74) is 2.25. The zero-order valence-electron chi connectivity index (χ0n) is 19.8. The van der Waals surface area contributed by atoms with Gasteiger partial charge in [-0.2, -0.15) is 0 Å². The Labute approximate surface area is 212 Å². The quantitative estimate of drug-likeness (QED) is 0.244. The molecule has 1 aliphatic rings. The molecule has 2 heterocycles. The number of carbonyl (C=O) groups is 1. The fraction of sp³-hybridized carbons (Fsp3) is 0.333. The van der Waals surface area contributed by atoms with Gasteiger partial charge in [0.05, 0.1) is 5.01 Å². The minimum absolute atomic E-state index is 0.301.